The van der Waals surface area contributed by atoms with E-state index < -0.39 is 5.82 Å². The highest BCUT2D eigenvalue weighted by Crippen LogP contribution is 2.22. The normalized spacial score (nSPS) is 10.4. The van der Waals surface area contributed by atoms with Gasteiger partial charge in [0.15, 0.2) is 0 Å². The van der Waals surface area contributed by atoms with E-state index in [-0.39, 0.29) is 17.2 Å². The maximum atomic E-state index is 13.1. The van der Waals surface area contributed by atoms with Crippen molar-refractivity contribution in [2.24, 2.45) is 0 Å². The van der Waals surface area contributed by atoms with E-state index in [1.54, 1.807) is 11.3 Å². The molecule has 3 nitrogen and oxygen atoms in total. The zero-order chi connectivity index (χ0) is 13.8. The highest BCUT2D eigenvalue weighted by Gasteiger charge is 2.08. The first-order chi connectivity index (χ1) is 9.04. The summed E-state index contributed by atoms with van der Waals surface area (Å²) in [7, 11) is 0. The van der Waals surface area contributed by atoms with Gasteiger partial charge in [0.05, 0.1) is 3.79 Å². The molecule has 3 N–H and O–H groups in total. The number of rotatable bonds is 4. The number of carbonyl (C=O) groups is 1. The first-order valence-electron chi connectivity index (χ1n) is 5.63. The summed E-state index contributed by atoms with van der Waals surface area (Å²) in [5.74, 6) is -0.825. The van der Waals surface area contributed by atoms with E-state index in [0.717, 1.165) is 10.2 Å². The first-order valence-corrected chi connectivity index (χ1v) is 7.24. The zero-order valence-electron chi connectivity index (χ0n) is 9.95. The molecule has 0 radical (unpaired) electrons. The van der Waals surface area contributed by atoms with Gasteiger partial charge < -0.3 is 11.1 Å². The summed E-state index contributed by atoms with van der Waals surface area (Å²) >= 11 is 5.01. The average Bonchev–Trinajstić information content (AvgIpc) is 2.73. The van der Waals surface area contributed by atoms with Crippen molar-refractivity contribution in [2.75, 3.05) is 12.3 Å². The van der Waals surface area contributed by atoms with Crippen LogP contribution >= 0.6 is 27.3 Å². The molecule has 0 fully saturated rings. The van der Waals surface area contributed by atoms with Gasteiger partial charge in [-0.05, 0) is 52.7 Å². The molecule has 2 rings (SSSR count). The molecule has 0 saturated heterocycles. The summed E-state index contributed by atoms with van der Waals surface area (Å²) in [5.41, 5.74) is 5.98. The standard InChI is InChI=1S/C13H12BrFN2OS/c14-12-2-1-11(19-12)3-4-17-13(18)8-5-9(15)7-10(16)6-8/h1-2,5-7H,3-4,16H2,(H,17,18). The topological polar surface area (TPSA) is 55.1 Å². The predicted molar refractivity (Wildman–Crippen MR) is 78.9 cm³/mol. The van der Waals surface area contributed by atoms with Crippen LogP contribution in [-0.2, 0) is 6.42 Å². The number of carbonyl (C=O) groups excluding carboxylic acids is 1. The molecule has 0 saturated carbocycles. The lowest BCUT2D eigenvalue weighted by Crippen LogP contribution is -2.25. The van der Waals surface area contributed by atoms with Crippen molar-refractivity contribution in [1.29, 1.82) is 0 Å². The van der Waals surface area contributed by atoms with Gasteiger partial charge in [-0.2, -0.15) is 0 Å². The molecular weight excluding hydrogens is 331 g/mol. The molecule has 2 aromatic rings. The molecular formula is C13H12BrFN2OS. The van der Waals surface area contributed by atoms with E-state index >= 15 is 0 Å². The van der Waals surface area contributed by atoms with Crippen LogP contribution in [0, 0.1) is 5.82 Å². The minimum Gasteiger partial charge on any atom is -0.399 e. The summed E-state index contributed by atoms with van der Waals surface area (Å²) in [5, 5.41) is 2.74. The Morgan fingerprint density at radius 2 is 2.16 bits per heavy atom. The molecule has 0 aliphatic carbocycles. The van der Waals surface area contributed by atoms with Crippen LogP contribution in [0.4, 0.5) is 10.1 Å². The molecule has 1 aromatic heterocycles. The molecule has 0 bridgehead atoms. The average molecular weight is 343 g/mol. The molecule has 0 unspecified atom stereocenters. The highest BCUT2D eigenvalue weighted by atomic mass is 79.9. The van der Waals surface area contributed by atoms with Gasteiger partial charge in [-0.25, -0.2) is 4.39 Å². The van der Waals surface area contributed by atoms with Crippen molar-refractivity contribution in [1.82, 2.24) is 5.32 Å². The number of amides is 1. The SMILES string of the molecule is Nc1cc(F)cc(C(=O)NCCc2ccc(Br)s2)c1. The van der Waals surface area contributed by atoms with Crippen LogP contribution in [0.15, 0.2) is 34.1 Å². The second kappa shape index (κ2) is 6.16. The van der Waals surface area contributed by atoms with Gasteiger partial charge >= 0.3 is 0 Å². The van der Waals surface area contributed by atoms with Gasteiger partial charge in [-0.3, -0.25) is 4.79 Å². The van der Waals surface area contributed by atoms with Crippen LogP contribution in [0.25, 0.3) is 0 Å². The summed E-state index contributed by atoms with van der Waals surface area (Å²) in [6.07, 6.45) is 0.743. The molecule has 1 aromatic carbocycles. The molecule has 0 spiro atoms. The molecule has 1 amide bonds. The van der Waals surface area contributed by atoms with Gasteiger partial charge in [-0.1, -0.05) is 0 Å². The van der Waals surface area contributed by atoms with Crippen LogP contribution in [0.5, 0.6) is 0 Å². The molecule has 100 valence electrons. The van der Waals surface area contributed by atoms with Gasteiger partial charge in [0.2, 0.25) is 0 Å². The lowest BCUT2D eigenvalue weighted by atomic mass is 10.2. The minimum atomic E-state index is -0.507. The Kier molecular flexibility index (Phi) is 4.55. The first kappa shape index (κ1) is 14.0. The van der Waals surface area contributed by atoms with Gasteiger partial charge in [0, 0.05) is 22.7 Å². The van der Waals surface area contributed by atoms with Crippen molar-refractivity contribution < 1.29 is 9.18 Å². The van der Waals surface area contributed by atoms with Crippen LogP contribution in [0.2, 0.25) is 0 Å². The third kappa shape index (κ3) is 4.04. The Morgan fingerprint density at radius 1 is 1.37 bits per heavy atom. The van der Waals surface area contributed by atoms with Crippen LogP contribution < -0.4 is 11.1 Å². The van der Waals surface area contributed by atoms with Gasteiger partial charge in [-0.15, -0.1) is 11.3 Å². The lowest BCUT2D eigenvalue weighted by Gasteiger charge is -2.05. The Bertz CT molecular complexity index is 580. The summed E-state index contributed by atoms with van der Waals surface area (Å²) in [6.45, 7) is 0.502. The van der Waals surface area contributed by atoms with Crippen LogP contribution in [0.1, 0.15) is 15.2 Å². The van der Waals surface area contributed by atoms with Crippen molar-refractivity contribution in [3.05, 3.63) is 50.4 Å². The van der Waals surface area contributed by atoms with E-state index in [1.807, 2.05) is 12.1 Å². The number of hydrogen-bond acceptors (Lipinski definition) is 3. The number of anilines is 1. The fraction of sp³-hybridized carbons (Fsp3) is 0.154. The van der Waals surface area contributed by atoms with E-state index in [1.165, 1.54) is 23.1 Å². The number of benzene rings is 1. The van der Waals surface area contributed by atoms with E-state index in [4.69, 9.17) is 5.73 Å². The molecule has 0 aliphatic heterocycles. The fourth-order valence-electron chi connectivity index (χ4n) is 1.63. The Balaban J connectivity index is 1.90. The highest BCUT2D eigenvalue weighted by molar-refractivity contribution is 9.11. The second-order valence-electron chi connectivity index (χ2n) is 3.98. The van der Waals surface area contributed by atoms with E-state index in [2.05, 4.69) is 21.2 Å². The Labute approximate surface area is 122 Å². The largest absolute Gasteiger partial charge is 0.399 e. The maximum absolute atomic E-state index is 13.1. The fourth-order valence-corrected chi connectivity index (χ4v) is 3.11. The summed E-state index contributed by atoms with van der Waals surface area (Å²) in [6, 6.07) is 7.78. The number of halogens is 2. The maximum Gasteiger partial charge on any atom is 0.251 e. The zero-order valence-corrected chi connectivity index (χ0v) is 12.4. The minimum absolute atomic E-state index is 0.241. The number of nitrogens with one attached hydrogen (secondary N) is 1. The van der Waals surface area contributed by atoms with E-state index in [0.29, 0.717) is 6.54 Å². The Hall–Kier alpha value is -1.40. The third-order valence-corrected chi connectivity index (χ3v) is 4.15. The smallest absolute Gasteiger partial charge is 0.251 e. The quantitative estimate of drug-likeness (QED) is 0.838. The number of nitrogens with two attached hydrogens (primary N) is 1. The van der Waals surface area contributed by atoms with Crippen molar-refractivity contribution in [3.8, 4) is 0 Å². The summed E-state index contributed by atoms with van der Waals surface area (Å²) in [4.78, 5) is 13.0. The molecule has 0 aliphatic rings. The van der Waals surface area contributed by atoms with E-state index in [9.17, 15) is 9.18 Å². The predicted octanol–water partition coefficient (Wildman–Crippen LogP) is 3.20. The lowest BCUT2D eigenvalue weighted by molar-refractivity contribution is 0.0954. The molecule has 19 heavy (non-hydrogen) atoms. The van der Waals surface area contributed by atoms with Crippen molar-refractivity contribution in [3.63, 3.8) is 0 Å². The molecule has 1 heterocycles. The monoisotopic (exact) mass is 342 g/mol. The van der Waals surface area contributed by atoms with Crippen molar-refractivity contribution in [2.45, 2.75) is 6.42 Å². The van der Waals surface area contributed by atoms with Gasteiger partial charge in [0.25, 0.3) is 5.91 Å². The van der Waals surface area contributed by atoms with Crippen LogP contribution in [0.3, 0.4) is 0 Å². The van der Waals surface area contributed by atoms with Crippen molar-refractivity contribution >= 4 is 38.9 Å². The van der Waals surface area contributed by atoms with Gasteiger partial charge in [0.1, 0.15) is 5.82 Å². The Morgan fingerprint density at radius 3 is 2.79 bits per heavy atom. The number of nitrogen functional groups attached to an aromatic ring is 1. The van der Waals surface area contributed by atoms with Crippen LogP contribution in [-0.4, -0.2) is 12.5 Å². The third-order valence-electron chi connectivity index (χ3n) is 2.47. The number of hydrogen-bond donors (Lipinski definition) is 2. The molecule has 6 heteroatoms. The number of thiophene rings is 1. The summed E-state index contributed by atoms with van der Waals surface area (Å²) < 4.78 is 14.2. The second-order valence-corrected chi connectivity index (χ2v) is 6.53. The molecule has 0 atom stereocenters.